The minimum absolute atomic E-state index is 0.0662. The summed E-state index contributed by atoms with van der Waals surface area (Å²) in [6.07, 6.45) is 0.959. The first kappa shape index (κ1) is 22.2. The van der Waals surface area contributed by atoms with Crippen LogP contribution in [0.5, 0.6) is 0 Å². The molecule has 2 aromatic heterocycles. The van der Waals surface area contributed by atoms with Gasteiger partial charge in [-0.15, -0.1) is 11.3 Å². The molecule has 0 unspecified atom stereocenters. The first-order chi connectivity index (χ1) is 15.5. The van der Waals surface area contributed by atoms with E-state index in [4.69, 9.17) is 12.2 Å². The summed E-state index contributed by atoms with van der Waals surface area (Å²) in [5, 5.41) is 7.20. The van der Waals surface area contributed by atoms with E-state index in [1.54, 1.807) is 11.3 Å². The molecule has 6 heteroatoms. The van der Waals surface area contributed by atoms with Crippen molar-refractivity contribution in [2.75, 3.05) is 0 Å². The lowest BCUT2D eigenvalue weighted by molar-refractivity contribution is 0.395. The fourth-order valence-corrected chi connectivity index (χ4v) is 4.76. The summed E-state index contributed by atoms with van der Waals surface area (Å²) < 4.78 is 0. The van der Waals surface area contributed by atoms with Gasteiger partial charge in [-0.05, 0) is 71.7 Å². The molecule has 0 fully saturated rings. The monoisotopic (exact) mass is 461 g/mol. The highest BCUT2D eigenvalue weighted by molar-refractivity contribution is 7.80. The number of benzene rings is 2. The number of thiophene rings is 1. The minimum Gasteiger partial charge on any atom is -0.356 e. The van der Waals surface area contributed by atoms with Gasteiger partial charge in [0, 0.05) is 16.0 Å². The minimum atomic E-state index is -0.0724. The number of H-pyrrole nitrogens is 1. The van der Waals surface area contributed by atoms with Crippen LogP contribution in [-0.4, -0.2) is 15.0 Å². The quantitative estimate of drug-likeness (QED) is 0.342. The van der Waals surface area contributed by atoms with Crippen molar-refractivity contribution >= 4 is 39.6 Å². The third-order valence-corrected chi connectivity index (χ3v) is 6.85. The number of nitrogens with one attached hydrogen (secondary N) is 2. The Hall–Kier alpha value is -2.96. The molecule has 0 aliphatic heterocycles. The predicted molar refractivity (Wildman–Crippen MR) is 138 cm³/mol. The standard InChI is InChI=1S/C26H27N3OS2/c1-3-19-11-12-24-21(14-19)15-22(25(30)28-24)16-29(17-23-10-7-13-32-23)26(31)27-18(2)20-8-5-4-6-9-20/h4-15,18H,3,16-17H2,1-2H3,(H,27,31)(H,28,30)/t18-/m0/s1. The molecule has 0 amide bonds. The molecule has 4 rings (SSSR count). The third kappa shape index (κ3) is 5.26. The van der Waals surface area contributed by atoms with Crippen molar-refractivity contribution in [3.63, 3.8) is 0 Å². The van der Waals surface area contributed by atoms with Crippen molar-refractivity contribution in [1.82, 2.24) is 15.2 Å². The third-order valence-electron chi connectivity index (χ3n) is 5.61. The highest BCUT2D eigenvalue weighted by atomic mass is 32.1. The van der Waals surface area contributed by atoms with Gasteiger partial charge in [0.2, 0.25) is 0 Å². The van der Waals surface area contributed by atoms with Crippen LogP contribution >= 0.6 is 23.6 Å². The fraction of sp³-hybridized carbons (Fsp3) is 0.231. The first-order valence-electron chi connectivity index (χ1n) is 10.8. The highest BCUT2D eigenvalue weighted by Gasteiger charge is 2.17. The number of aromatic nitrogens is 1. The number of hydrogen-bond donors (Lipinski definition) is 2. The number of rotatable bonds is 7. The summed E-state index contributed by atoms with van der Waals surface area (Å²) >= 11 is 7.50. The second-order valence-corrected chi connectivity index (χ2v) is 9.34. The molecule has 0 spiro atoms. The summed E-state index contributed by atoms with van der Waals surface area (Å²) in [7, 11) is 0. The molecule has 32 heavy (non-hydrogen) atoms. The van der Waals surface area contributed by atoms with Gasteiger partial charge in [0.25, 0.3) is 5.56 Å². The van der Waals surface area contributed by atoms with E-state index in [0.29, 0.717) is 23.8 Å². The lowest BCUT2D eigenvalue weighted by atomic mass is 10.1. The van der Waals surface area contributed by atoms with Crippen molar-refractivity contribution in [2.24, 2.45) is 0 Å². The number of nitrogens with zero attached hydrogens (tertiary/aromatic N) is 1. The molecule has 0 bridgehead atoms. The Balaban J connectivity index is 1.61. The second-order valence-electron chi connectivity index (χ2n) is 7.92. The Morgan fingerprint density at radius 2 is 1.91 bits per heavy atom. The maximum absolute atomic E-state index is 12.8. The van der Waals surface area contributed by atoms with E-state index in [-0.39, 0.29) is 11.6 Å². The van der Waals surface area contributed by atoms with E-state index in [0.717, 1.165) is 17.3 Å². The lowest BCUT2D eigenvalue weighted by Gasteiger charge is -2.28. The summed E-state index contributed by atoms with van der Waals surface area (Å²) in [6, 6.07) is 22.6. The number of pyridine rings is 1. The zero-order chi connectivity index (χ0) is 22.5. The molecule has 0 radical (unpaired) electrons. The van der Waals surface area contributed by atoms with Crippen LogP contribution < -0.4 is 10.9 Å². The van der Waals surface area contributed by atoms with Gasteiger partial charge < -0.3 is 15.2 Å². The Morgan fingerprint density at radius 3 is 2.62 bits per heavy atom. The maximum atomic E-state index is 12.8. The molecule has 2 heterocycles. The van der Waals surface area contributed by atoms with E-state index >= 15 is 0 Å². The number of fused-ring (bicyclic) bond motifs is 1. The molecular weight excluding hydrogens is 434 g/mol. The molecule has 0 aliphatic carbocycles. The SMILES string of the molecule is CCc1ccc2[nH]c(=O)c(CN(Cc3cccs3)C(=S)N[C@@H](C)c3ccccc3)cc2c1. The summed E-state index contributed by atoms with van der Waals surface area (Å²) in [4.78, 5) is 19.2. The van der Waals surface area contributed by atoms with Crippen LogP contribution in [0.4, 0.5) is 0 Å². The van der Waals surface area contributed by atoms with E-state index < -0.39 is 0 Å². The zero-order valence-corrected chi connectivity index (χ0v) is 19.9. The fourth-order valence-electron chi connectivity index (χ4n) is 3.74. The second kappa shape index (κ2) is 10.1. The lowest BCUT2D eigenvalue weighted by Crippen LogP contribution is -2.40. The predicted octanol–water partition coefficient (Wildman–Crippen LogP) is 5.79. The smallest absolute Gasteiger partial charge is 0.253 e. The molecule has 4 nitrogen and oxygen atoms in total. The van der Waals surface area contributed by atoms with Crippen LogP contribution in [0.3, 0.4) is 0 Å². The highest BCUT2D eigenvalue weighted by Crippen LogP contribution is 2.19. The Kier molecular flexibility index (Phi) is 7.02. The van der Waals surface area contributed by atoms with Crippen molar-refractivity contribution in [3.05, 3.63) is 104 Å². The topological polar surface area (TPSA) is 48.1 Å². The Labute approximate surface area is 197 Å². The van der Waals surface area contributed by atoms with Crippen LogP contribution in [0.2, 0.25) is 0 Å². The molecule has 2 N–H and O–H groups in total. The Morgan fingerprint density at radius 1 is 1.09 bits per heavy atom. The summed E-state index contributed by atoms with van der Waals surface area (Å²) in [5.41, 5.74) is 3.91. The van der Waals surface area contributed by atoms with E-state index in [1.165, 1.54) is 16.0 Å². The average molecular weight is 462 g/mol. The number of hydrogen-bond acceptors (Lipinski definition) is 3. The largest absolute Gasteiger partial charge is 0.356 e. The van der Waals surface area contributed by atoms with Gasteiger partial charge in [-0.2, -0.15) is 0 Å². The van der Waals surface area contributed by atoms with E-state index in [1.807, 2.05) is 36.4 Å². The van der Waals surface area contributed by atoms with E-state index in [9.17, 15) is 4.79 Å². The van der Waals surface area contributed by atoms with Gasteiger partial charge in [0.1, 0.15) is 0 Å². The van der Waals surface area contributed by atoms with Gasteiger partial charge in [-0.25, -0.2) is 0 Å². The first-order valence-corrected chi connectivity index (χ1v) is 12.1. The van der Waals surface area contributed by atoms with Crippen LogP contribution in [0, 0.1) is 0 Å². The maximum Gasteiger partial charge on any atom is 0.253 e. The van der Waals surface area contributed by atoms with Gasteiger partial charge in [-0.3, -0.25) is 4.79 Å². The molecule has 0 saturated carbocycles. The van der Waals surface area contributed by atoms with Crippen LogP contribution in [0.25, 0.3) is 10.9 Å². The molecular formula is C26H27N3OS2. The van der Waals surface area contributed by atoms with Gasteiger partial charge in [0.15, 0.2) is 5.11 Å². The van der Waals surface area contributed by atoms with Gasteiger partial charge in [-0.1, -0.05) is 49.4 Å². The Bertz CT molecular complexity index is 1250. The van der Waals surface area contributed by atoms with Crippen molar-refractivity contribution in [2.45, 2.75) is 39.4 Å². The van der Waals surface area contributed by atoms with Gasteiger partial charge in [0.05, 0.1) is 19.1 Å². The number of aryl methyl sites for hydroxylation is 1. The average Bonchev–Trinajstić information content (AvgIpc) is 3.32. The zero-order valence-electron chi connectivity index (χ0n) is 18.3. The number of aromatic amines is 1. The molecule has 0 saturated heterocycles. The van der Waals surface area contributed by atoms with Crippen LogP contribution in [0.1, 0.15) is 41.5 Å². The number of thiocarbonyl (C=S) groups is 1. The van der Waals surface area contributed by atoms with Crippen LogP contribution in [0.15, 0.2) is 76.9 Å². The molecule has 0 aliphatic rings. The van der Waals surface area contributed by atoms with Crippen LogP contribution in [-0.2, 0) is 19.5 Å². The van der Waals surface area contributed by atoms with Crippen molar-refractivity contribution < 1.29 is 0 Å². The molecule has 1 atom stereocenters. The molecule has 2 aromatic carbocycles. The summed E-state index contributed by atoms with van der Waals surface area (Å²) in [6.45, 7) is 5.32. The summed E-state index contributed by atoms with van der Waals surface area (Å²) in [5.74, 6) is 0. The molecule has 164 valence electrons. The van der Waals surface area contributed by atoms with Crippen molar-refractivity contribution in [1.29, 1.82) is 0 Å². The van der Waals surface area contributed by atoms with E-state index in [2.05, 4.69) is 64.8 Å². The molecule has 4 aromatic rings. The van der Waals surface area contributed by atoms with Crippen molar-refractivity contribution in [3.8, 4) is 0 Å². The van der Waals surface area contributed by atoms with Gasteiger partial charge >= 0.3 is 0 Å². The normalized spacial score (nSPS) is 11.9.